The van der Waals surface area contributed by atoms with E-state index in [1.54, 1.807) is 0 Å². The molecule has 1 aliphatic heterocycles. The first kappa shape index (κ1) is 11.0. The summed E-state index contributed by atoms with van der Waals surface area (Å²) in [5.74, 6) is 4.41. The van der Waals surface area contributed by atoms with Gasteiger partial charge in [-0.1, -0.05) is 19.0 Å². The van der Waals surface area contributed by atoms with E-state index in [0.29, 0.717) is 18.5 Å². The Kier molecular flexibility index (Phi) is 3.64. The average Bonchev–Trinajstić information content (AvgIpc) is 2.85. The Morgan fingerprint density at radius 3 is 3.13 bits per heavy atom. The Balaban J connectivity index is 1.91. The van der Waals surface area contributed by atoms with Crippen molar-refractivity contribution in [3.63, 3.8) is 0 Å². The molecule has 4 nitrogen and oxygen atoms in total. The number of nitrogens with zero attached hydrogens (tertiary/aromatic N) is 2. The molecular weight excluding hydrogens is 210 g/mol. The lowest BCUT2D eigenvalue weighted by Crippen LogP contribution is -2.22. The zero-order chi connectivity index (χ0) is 10.7. The first-order valence-electron chi connectivity index (χ1n) is 5.39. The van der Waals surface area contributed by atoms with E-state index in [0.717, 1.165) is 17.5 Å². The van der Waals surface area contributed by atoms with Gasteiger partial charge in [-0.05, 0) is 12.2 Å². The molecule has 1 aromatic heterocycles. The minimum absolute atomic E-state index is 0.453. The number of thioether (sulfide) groups is 1. The van der Waals surface area contributed by atoms with Crippen molar-refractivity contribution in [3.05, 3.63) is 11.7 Å². The Morgan fingerprint density at radius 1 is 1.60 bits per heavy atom. The van der Waals surface area contributed by atoms with Gasteiger partial charge in [0.1, 0.15) is 0 Å². The lowest BCUT2D eigenvalue weighted by atomic mass is 10.1. The number of aromatic nitrogens is 2. The molecular formula is C10H17N3OS. The van der Waals surface area contributed by atoms with Gasteiger partial charge < -0.3 is 9.84 Å². The molecule has 0 spiro atoms. The van der Waals surface area contributed by atoms with Crippen LogP contribution in [0.2, 0.25) is 0 Å². The molecule has 15 heavy (non-hydrogen) atoms. The Hall–Kier alpha value is -0.550. The van der Waals surface area contributed by atoms with E-state index in [1.165, 1.54) is 12.2 Å². The Bertz CT molecular complexity index is 307. The second-order valence-electron chi connectivity index (χ2n) is 4.14. The molecule has 1 aliphatic rings. The molecule has 1 atom stereocenters. The van der Waals surface area contributed by atoms with E-state index < -0.39 is 0 Å². The second-order valence-corrected chi connectivity index (χ2v) is 5.29. The van der Waals surface area contributed by atoms with Crippen LogP contribution in [0.1, 0.15) is 37.9 Å². The second kappa shape index (κ2) is 4.99. The van der Waals surface area contributed by atoms with Gasteiger partial charge in [0, 0.05) is 17.7 Å². The van der Waals surface area contributed by atoms with Crippen molar-refractivity contribution in [1.82, 2.24) is 15.5 Å². The van der Waals surface area contributed by atoms with Crippen LogP contribution in [-0.2, 0) is 6.54 Å². The van der Waals surface area contributed by atoms with Crippen LogP contribution >= 0.6 is 11.8 Å². The van der Waals surface area contributed by atoms with Crippen molar-refractivity contribution in [2.45, 2.75) is 38.8 Å². The van der Waals surface area contributed by atoms with Crippen molar-refractivity contribution < 1.29 is 4.52 Å². The largest absolute Gasteiger partial charge is 0.339 e. The Morgan fingerprint density at radius 2 is 2.47 bits per heavy atom. The van der Waals surface area contributed by atoms with Crippen LogP contribution in [0.25, 0.3) is 0 Å². The molecule has 0 amide bonds. The molecule has 1 aromatic rings. The van der Waals surface area contributed by atoms with Crippen LogP contribution in [0.3, 0.4) is 0 Å². The van der Waals surface area contributed by atoms with Gasteiger partial charge in [0.05, 0.1) is 6.54 Å². The maximum atomic E-state index is 5.27. The van der Waals surface area contributed by atoms with Crippen LogP contribution in [0.5, 0.6) is 0 Å². The van der Waals surface area contributed by atoms with Gasteiger partial charge in [-0.15, -0.1) is 0 Å². The fraction of sp³-hybridized carbons (Fsp3) is 0.800. The van der Waals surface area contributed by atoms with Gasteiger partial charge in [0.15, 0.2) is 5.82 Å². The molecule has 0 aliphatic carbocycles. The van der Waals surface area contributed by atoms with Crippen molar-refractivity contribution in [2.75, 3.05) is 11.5 Å². The highest BCUT2D eigenvalue weighted by Crippen LogP contribution is 2.31. The normalized spacial score (nSPS) is 21.4. The SMILES string of the molecule is CC(C)NCc1noc(C2CCSC2)n1. The molecule has 5 heteroatoms. The standard InChI is InChI=1S/C10H17N3OS/c1-7(2)11-5-9-12-10(14-13-9)8-3-4-15-6-8/h7-8,11H,3-6H2,1-2H3. The maximum absolute atomic E-state index is 5.27. The molecule has 2 rings (SSSR count). The number of hydrogen-bond donors (Lipinski definition) is 1. The van der Waals surface area contributed by atoms with Gasteiger partial charge in [-0.3, -0.25) is 0 Å². The van der Waals surface area contributed by atoms with Gasteiger partial charge in [0.25, 0.3) is 0 Å². The van der Waals surface area contributed by atoms with Crippen molar-refractivity contribution in [2.24, 2.45) is 0 Å². The van der Waals surface area contributed by atoms with Crippen LogP contribution < -0.4 is 5.32 Å². The predicted octanol–water partition coefficient (Wildman–Crippen LogP) is 1.79. The highest BCUT2D eigenvalue weighted by molar-refractivity contribution is 7.99. The molecule has 2 heterocycles. The summed E-state index contributed by atoms with van der Waals surface area (Å²) in [6.07, 6.45) is 1.17. The van der Waals surface area contributed by atoms with Gasteiger partial charge >= 0.3 is 0 Å². The van der Waals surface area contributed by atoms with Crippen molar-refractivity contribution >= 4 is 11.8 Å². The third-order valence-corrected chi connectivity index (χ3v) is 3.59. The summed E-state index contributed by atoms with van der Waals surface area (Å²) in [6.45, 7) is 4.91. The van der Waals surface area contributed by atoms with Gasteiger partial charge in [-0.25, -0.2) is 0 Å². The molecule has 0 bridgehead atoms. The zero-order valence-electron chi connectivity index (χ0n) is 9.19. The maximum Gasteiger partial charge on any atom is 0.230 e. The summed E-state index contributed by atoms with van der Waals surface area (Å²) in [5.41, 5.74) is 0. The van der Waals surface area contributed by atoms with Crippen LogP contribution in [0.15, 0.2) is 4.52 Å². The van der Waals surface area contributed by atoms with Crippen LogP contribution in [-0.4, -0.2) is 27.7 Å². The topological polar surface area (TPSA) is 51.0 Å². The summed E-state index contributed by atoms with van der Waals surface area (Å²) < 4.78 is 5.27. The lowest BCUT2D eigenvalue weighted by Gasteiger charge is -2.03. The molecule has 84 valence electrons. The van der Waals surface area contributed by atoms with E-state index in [1.807, 2.05) is 11.8 Å². The molecule has 1 fully saturated rings. The smallest absolute Gasteiger partial charge is 0.230 e. The van der Waals surface area contributed by atoms with E-state index in [2.05, 4.69) is 29.3 Å². The third kappa shape index (κ3) is 2.95. The summed E-state index contributed by atoms with van der Waals surface area (Å²) in [5, 5.41) is 7.25. The molecule has 1 N–H and O–H groups in total. The predicted molar refractivity (Wildman–Crippen MR) is 61.0 cm³/mol. The zero-order valence-corrected chi connectivity index (χ0v) is 10.0. The lowest BCUT2D eigenvalue weighted by molar-refractivity contribution is 0.355. The van der Waals surface area contributed by atoms with Crippen LogP contribution in [0.4, 0.5) is 0 Å². The number of nitrogens with one attached hydrogen (secondary N) is 1. The third-order valence-electron chi connectivity index (χ3n) is 2.43. The van der Waals surface area contributed by atoms with Gasteiger partial charge in [0.2, 0.25) is 5.89 Å². The molecule has 1 unspecified atom stereocenters. The first-order valence-corrected chi connectivity index (χ1v) is 6.55. The highest BCUT2D eigenvalue weighted by atomic mass is 32.2. The molecule has 0 radical (unpaired) electrons. The van der Waals surface area contributed by atoms with E-state index in [-0.39, 0.29) is 0 Å². The average molecular weight is 227 g/mol. The van der Waals surface area contributed by atoms with Gasteiger partial charge in [-0.2, -0.15) is 16.7 Å². The minimum Gasteiger partial charge on any atom is -0.339 e. The van der Waals surface area contributed by atoms with E-state index >= 15 is 0 Å². The monoisotopic (exact) mass is 227 g/mol. The quantitative estimate of drug-likeness (QED) is 0.850. The number of rotatable bonds is 4. The Labute approximate surface area is 94.2 Å². The van der Waals surface area contributed by atoms with Crippen molar-refractivity contribution in [3.8, 4) is 0 Å². The van der Waals surface area contributed by atoms with Crippen LogP contribution in [0, 0.1) is 0 Å². The fourth-order valence-electron chi connectivity index (χ4n) is 1.53. The molecule has 0 saturated carbocycles. The van der Waals surface area contributed by atoms with Crippen molar-refractivity contribution in [1.29, 1.82) is 0 Å². The molecule has 1 saturated heterocycles. The van der Waals surface area contributed by atoms with E-state index in [9.17, 15) is 0 Å². The first-order chi connectivity index (χ1) is 7.25. The summed E-state index contributed by atoms with van der Waals surface area (Å²) in [7, 11) is 0. The highest BCUT2D eigenvalue weighted by Gasteiger charge is 2.23. The summed E-state index contributed by atoms with van der Waals surface area (Å²) in [6, 6.07) is 0.453. The summed E-state index contributed by atoms with van der Waals surface area (Å²) in [4.78, 5) is 4.41. The van der Waals surface area contributed by atoms with E-state index in [4.69, 9.17) is 4.52 Å². The number of hydrogen-bond acceptors (Lipinski definition) is 5. The summed E-state index contributed by atoms with van der Waals surface area (Å²) >= 11 is 1.96. The minimum atomic E-state index is 0.453. The fourth-order valence-corrected chi connectivity index (χ4v) is 2.74. The molecule has 0 aromatic carbocycles.